The van der Waals surface area contributed by atoms with Gasteiger partial charge < -0.3 is 33.8 Å². The zero-order valence-electron chi connectivity index (χ0n) is 57.0. The number of esters is 4. The largest absolute Gasteiger partial charge is 0.472 e. The zero-order chi connectivity index (χ0) is 65.0. The molecule has 0 saturated heterocycles. The number of unbranched alkanes of at least 4 members (excludes halogenated alkanes) is 38. The monoisotopic (exact) mass is 1300 g/mol. The maximum absolute atomic E-state index is 13.0. The van der Waals surface area contributed by atoms with E-state index in [0.29, 0.717) is 25.7 Å². The highest BCUT2D eigenvalue weighted by Gasteiger charge is 2.30. The molecule has 0 aromatic heterocycles. The minimum absolute atomic E-state index is 0.107. The van der Waals surface area contributed by atoms with Crippen LogP contribution >= 0.6 is 15.6 Å². The lowest BCUT2D eigenvalue weighted by molar-refractivity contribution is -0.161. The van der Waals surface area contributed by atoms with Crippen molar-refractivity contribution in [1.82, 2.24) is 0 Å². The standard InChI is InChI=1S/C69H134O17P2/c1-7-9-11-13-15-17-18-23-28-35-41-47-53-68(73)85-64(57-79-66(71)51-45-39-33-16-14-12-10-8-2)59-83-87(75,76)81-55-63(70)56-82-88(77,78)84-60-65(58-80-67(72)52-46-40-34-30-25-27-32-38-44-50-62(5)6)86-69(74)54-48-42-36-29-24-21-19-20-22-26-31-37-43-49-61(3)4/h61-65,70H,7-60H2,1-6H3,(H,75,76)(H,77,78)/t63-,64+,65+/m0/s1. The summed E-state index contributed by atoms with van der Waals surface area (Å²) in [5.41, 5.74) is 0. The van der Waals surface area contributed by atoms with Crippen molar-refractivity contribution in [1.29, 1.82) is 0 Å². The summed E-state index contributed by atoms with van der Waals surface area (Å²) in [7, 11) is -9.89. The van der Waals surface area contributed by atoms with Crippen molar-refractivity contribution >= 4 is 39.5 Å². The van der Waals surface area contributed by atoms with Gasteiger partial charge in [-0.25, -0.2) is 9.13 Å². The summed E-state index contributed by atoms with van der Waals surface area (Å²) >= 11 is 0. The van der Waals surface area contributed by atoms with Gasteiger partial charge in [-0.15, -0.1) is 0 Å². The van der Waals surface area contributed by atoms with Crippen LogP contribution in [-0.2, 0) is 65.4 Å². The summed E-state index contributed by atoms with van der Waals surface area (Å²) < 4.78 is 68.2. The summed E-state index contributed by atoms with van der Waals surface area (Å²) in [6.07, 6.45) is 45.8. The molecule has 0 aromatic carbocycles. The molecule has 0 spiro atoms. The van der Waals surface area contributed by atoms with Crippen LogP contribution in [0.3, 0.4) is 0 Å². The van der Waals surface area contributed by atoms with E-state index in [-0.39, 0.29) is 25.7 Å². The Morgan fingerprint density at radius 3 is 0.773 bits per heavy atom. The minimum atomic E-state index is -4.95. The van der Waals surface area contributed by atoms with Gasteiger partial charge in [0.25, 0.3) is 0 Å². The smallest absolute Gasteiger partial charge is 0.462 e. The molecular formula is C69H134O17P2. The highest BCUT2D eigenvalue weighted by atomic mass is 31.2. The molecule has 0 amide bonds. The lowest BCUT2D eigenvalue weighted by Crippen LogP contribution is -2.30. The van der Waals surface area contributed by atoms with Gasteiger partial charge in [0.2, 0.25) is 0 Å². The van der Waals surface area contributed by atoms with E-state index in [1.54, 1.807) is 0 Å². The number of aliphatic hydroxyl groups excluding tert-OH is 1. The number of phosphoric acid groups is 2. The van der Waals surface area contributed by atoms with E-state index in [2.05, 4.69) is 41.5 Å². The average Bonchev–Trinajstić information content (AvgIpc) is 3.52. The minimum Gasteiger partial charge on any atom is -0.462 e. The Bertz CT molecular complexity index is 1720. The Morgan fingerprint density at radius 2 is 0.523 bits per heavy atom. The maximum Gasteiger partial charge on any atom is 0.472 e. The zero-order valence-corrected chi connectivity index (χ0v) is 58.8. The van der Waals surface area contributed by atoms with Crippen LogP contribution in [0.4, 0.5) is 0 Å². The molecule has 19 heteroatoms. The molecule has 3 N–H and O–H groups in total. The van der Waals surface area contributed by atoms with Crippen molar-refractivity contribution in [3.8, 4) is 0 Å². The van der Waals surface area contributed by atoms with E-state index in [4.69, 9.17) is 37.0 Å². The number of rotatable bonds is 68. The van der Waals surface area contributed by atoms with Crippen LogP contribution in [0.5, 0.6) is 0 Å². The molecule has 0 fully saturated rings. The van der Waals surface area contributed by atoms with E-state index in [9.17, 15) is 43.2 Å². The first-order valence-corrected chi connectivity index (χ1v) is 39.0. The van der Waals surface area contributed by atoms with Crippen LogP contribution in [-0.4, -0.2) is 96.7 Å². The molecule has 0 radical (unpaired) electrons. The van der Waals surface area contributed by atoms with Gasteiger partial charge >= 0.3 is 39.5 Å². The fraction of sp³-hybridized carbons (Fsp3) is 0.942. The van der Waals surface area contributed by atoms with Gasteiger partial charge in [-0.2, -0.15) is 0 Å². The van der Waals surface area contributed by atoms with Gasteiger partial charge in [0.05, 0.1) is 26.4 Å². The lowest BCUT2D eigenvalue weighted by atomic mass is 10.0. The van der Waals surface area contributed by atoms with Crippen LogP contribution in [0.15, 0.2) is 0 Å². The Labute approximate surface area is 537 Å². The molecule has 0 rings (SSSR count). The Balaban J connectivity index is 5.22. The average molecular weight is 1300 g/mol. The van der Waals surface area contributed by atoms with Crippen molar-refractivity contribution < 1.29 is 80.2 Å². The molecule has 88 heavy (non-hydrogen) atoms. The third-order valence-electron chi connectivity index (χ3n) is 16.0. The third kappa shape index (κ3) is 62.8. The number of ether oxygens (including phenoxy) is 4. The van der Waals surface area contributed by atoms with Gasteiger partial charge in [-0.05, 0) is 37.5 Å². The van der Waals surface area contributed by atoms with Gasteiger partial charge in [0, 0.05) is 25.7 Å². The van der Waals surface area contributed by atoms with Crippen LogP contribution in [0.25, 0.3) is 0 Å². The van der Waals surface area contributed by atoms with E-state index < -0.39 is 97.5 Å². The van der Waals surface area contributed by atoms with Crippen molar-refractivity contribution in [2.24, 2.45) is 11.8 Å². The SMILES string of the molecule is CCCCCCCCCCCCCCC(=O)O[C@H](COC(=O)CCCCCCCCCC)COP(=O)(O)OC[C@H](O)COP(=O)(O)OC[C@@H](COC(=O)CCCCCCCCCCCC(C)C)OC(=O)CCCCCCCCCCCCCCCC(C)C. The highest BCUT2D eigenvalue weighted by Crippen LogP contribution is 2.45. The molecule has 0 bridgehead atoms. The first-order valence-electron chi connectivity index (χ1n) is 36.0. The molecular weight excluding hydrogens is 1160 g/mol. The van der Waals surface area contributed by atoms with Crippen LogP contribution in [0, 0.1) is 11.8 Å². The number of hydrogen-bond acceptors (Lipinski definition) is 15. The van der Waals surface area contributed by atoms with Crippen LogP contribution < -0.4 is 0 Å². The molecule has 17 nitrogen and oxygen atoms in total. The Morgan fingerprint density at radius 1 is 0.307 bits per heavy atom. The van der Waals surface area contributed by atoms with Gasteiger partial charge in [-0.1, -0.05) is 298 Å². The molecule has 5 atom stereocenters. The van der Waals surface area contributed by atoms with Crippen LogP contribution in [0.1, 0.15) is 350 Å². The second-order valence-electron chi connectivity index (χ2n) is 25.9. The molecule has 522 valence electrons. The molecule has 0 saturated carbocycles. The Hall–Kier alpha value is -1.94. The highest BCUT2D eigenvalue weighted by molar-refractivity contribution is 7.47. The summed E-state index contributed by atoms with van der Waals surface area (Å²) in [6, 6.07) is 0. The summed E-state index contributed by atoms with van der Waals surface area (Å²) in [5.74, 6) is -0.597. The second-order valence-corrected chi connectivity index (χ2v) is 28.8. The fourth-order valence-electron chi connectivity index (χ4n) is 10.4. The maximum atomic E-state index is 13.0. The molecule has 0 aliphatic heterocycles. The van der Waals surface area contributed by atoms with E-state index >= 15 is 0 Å². The van der Waals surface area contributed by atoms with E-state index in [1.165, 1.54) is 161 Å². The third-order valence-corrected chi connectivity index (χ3v) is 17.9. The fourth-order valence-corrected chi connectivity index (χ4v) is 12.0. The van der Waals surface area contributed by atoms with E-state index in [0.717, 1.165) is 108 Å². The molecule has 0 aliphatic carbocycles. The number of phosphoric ester groups is 2. The first kappa shape index (κ1) is 86.1. The van der Waals surface area contributed by atoms with E-state index in [1.807, 2.05) is 0 Å². The molecule has 0 aromatic rings. The molecule has 0 heterocycles. The molecule has 0 aliphatic rings. The van der Waals surface area contributed by atoms with Gasteiger partial charge in [0.1, 0.15) is 19.3 Å². The Kier molecular flexibility index (Phi) is 59.9. The van der Waals surface area contributed by atoms with Crippen molar-refractivity contribution in [3.05, 3.63) is 0 Å². The lowest BCUT2D eigenvalue weighted by Gasteiger charge is -2.21. The first-order chi connectivity index (χ1) is 42.4. The number of hydrogen-bond donors (Lipinski definition) is 3. The number of carbonyl (C=O) groups is 4. The van der Waals surface area contributed by atoms with Crippen molar-refractivity contribution in [2.75, 3.05) is 39.6 Å². The second kappa shape index (κ2) is 61.3. The predicted octanol–water partition coefficient (Wildman–Crippen LogP) is 19.6. The number of carbonyl (C=O) groups excluding carboxylic acids is 4. The normalized spacial score (nSPS) is 14.2. The van der Waals surface area contributed by atoms with Gasteiger partial charge in [0.15, 0.2) is 12.2 Å². The quantitative estimate of drug-likeness (QED) is 0.0222. The van der Waals surface area contributed by atoms with Crippen LogP contribution in [0.2, 0.25) is 0 Å². The predicted molar refractivity (Wildman–Crippen MR) is 354 cm³/mol. The summed E-state index contributed by atoms with van der Waals surface area (Å²) in [5, 5.41) is 10.6. The van der Waals surface area contributed by atoms with Crippen molar-refractivity contribution in [2.45, 2.75) is 368 Å². The summed E-state index contributed by atoms with van der Waals surface area (Å²) in [6.45, 7) is 9.51. The molecule has 2 unspecified atom stereocenters. The van der Waals surface area contributed by atoms with Gasteiger partial charge in [-0.3, -0.25) is 37.3 Å². The topological polar surface area (TPSA) is 237 Å². The number of aliphatic hydroxyl groups is 1. The van der Waals surface area contributed by atoms with Crippen molar-refractivity contribution in [3.63, 3.8) is 0 Å². The summed E-state index contributed by atoms with van der Waals surface area (Å²) in [4.78, 5) is 72.4.